The molecule has 5 heteroatoms. The van der Waals surface area contributed by atoms with E-state index in [4.69, 9.17) is 4.42 Å². The van der Waals surface area contributed by atoms with Crippen molar-refractivity contribution in [3.63, 3.8) is 0 Å². The molecule has 0 fully saturated rings. The van der Waals surface area contributed by atoms with Gasteiger partial charge in [0.1, 0.15) is 17.3 Å². The first-order valence-corrected chi connectivity index (χ1v) is 7.49. The summed E-state index contributed by atoms with van der Waals surface area (Å²) in [5.74, 6) is 1.15. The Kier molecular flexibility index (Phi) is 3.75. The zero-order valence-corrected chi connectivity index (χ0v) is 12.7. The monoisotopic (exact) mass is 302 g/mol. The van der Waals surface area contributed by atoms with Crippen LogP contribution in [-0.2, 0) is 6.54 Å². The third-order valence-corrected chi connectivity index (χ3v) is 4.13. The van der Waals surface area contributed by atoms with Crippen LogP contribution in [0, 0.1) is 12.7 Å². The third-order valence-electron chi connectivity index (χ3n) is 3.28. The quantitative estimate of drug-likeness (QED) is 0.711. The van der Waals surface area contributed by atoms with Gasteiger partial charge in [-0.05, 0) is 30.5 Å². The van der Waals surface area contributed by atoms with E-state index in [9.17, 15) is 4.39 Å². The second kappa shape index (κ2) is 5.69. The van der Waals surface area contributed by atoms with Crippen LogP contribution in [0.4, 0.5) is 10.1 Å². The number of anilines is 1. The average Bonchev–Trinajstić information content (AvgIpc) is 3.10. The van der Waals surface area contributed by atoms with Gasteiger partial charge in [-0.1, -0.05) is 18.2 Å². The molecule has 2 aromatic heterocycles. The summed E-state index contributed by atoms with van der Waals surface area (Å²) in [6.07, 6.45) is 0. The first-order chi connectivity index (χ1) is 10.1. The number of para-hydroxylation sites is 1. The summed E-state index contributed by atoms with van der Waals surface area (Å²) < 4.78 is 19.5. The topological polar surface area (TPSA) is 29.3 Å². The molecule has 0 aliphatic carbocycles. The fourth-order valence-corrected chi connectivity index (χ4v) is 2.80. The average molecular weight is 302 g/mol. The molecule has 0 N–H and O–H groups in total. The van der Waals surface area contributed by atoms with Gasteiger partial charge in [0, 0.05) is 7.05 Å². The van der Waals surface area contributed by atoms with Crippen LogP contribution in [0.15, 0.2) is 46.2 Å². The molecule has 0 atom stereocenters. The molecule has 0 aliphatic rings. The molecule has 3 aromatic rings. The van der Waals surface area contributed by atoms with Crippen molar-refractivity contribution >= 4 is 17.0 Å². The van der Waals surface area contributed by atoms with Gasteiger partial charge < -0.3 is 9.32 Å². The number of hydrogen-bond acceptors (Lipinski definition) is 4. The van der Waals surface area contributed by atoms with Gasteiger partial charge >= 0.3 is 0 Å². The van der Waals surface area contributed by atoms with Crippen LogP contribution in [-0.4, -0.2) is 12.0 Å². The number of oxazole rings is 1. The van der Waals surface area contributed by atoms with E-state index in [1.54, 1.807) is 23.5 Å². The van der Waals surface area contributed by atoms with E-state index in [1.165, 1.54) is 6.07 Å². The van der Waals surface area contributed by atoms with Crippen LogP contribution < -0.4 is 4.90 Å². The Hall–Kier alpha value is -2.14. The summed E-state index contributed by atoms with van der Waals surface area (Å²) in [6.45, 7) is 2.39. The molecule has 0 aliphatic heterocycles. The van der Waals surface area contributed by atoms with E-state index in [-0.39, 0.29) is 5.82 Å². The largest absolute Gasteiger partial charge is 0.440 e. The molecule has 3 nitrogen and oxygen atoms in total. The second-order valence-electron chi connectivity index (χ2n) is 4.81. The van der Waals surface area contributed by atoms with E-state index in [0.717, 1.165) is 16.3 Å². The van der Waals surface area contributed by atoms with Gasteiger partial charge in [0.25, 0.3) is 0 Å². The van der Waals surface area contributed by atoms with Crippen molar-refractivity contribution in [2.75, 3.05) is 11.9 Å². The number of hydrogen-bond donors (Lipinski definition) is 0. The molecule has 0 amide bonds. The predicted octanol–water partition coefficient (Wildman–Crippen LogP) is 4.49. The Balaban J connectivity index is 1.84. The highest BCUT2D eigenvalue weighted by Crippen LogP contribution is 2.27. The van der Waals surface area contributed by atoms with Gasteiger partial charge in [0.2, 0.25) is 5.89 Å². The van der Waals surface area contributed by atoms with E-state index < -0.39 is 0 Å². The first kappa shape index (κ1) is 13.8. The smallest absolute Gasteiger partial charge is 0.236 e. The fraction of sp³-hybridized carbons (Fsp3) is 0.188. The summed E-state index contributed by atoms with van der Waals surface area (Å²) in [4.78, 5) is 7.36. The molecular formula is C16H15FN2OS. The van der Waals surface area contributed by atoms with E-state index in [0.29, 0.717) is 18.1 Å². The summed E-state index contributed by atoms with van der Waals surface area (Å²) >= 11 is 1.59. The summed E-state index contributed by atoms with van der Waals surface area (Å²) in [5, 5.41) is 1.99. The maximum Gasteiger partial charge on any atom is 0.236 e. The minimum Gasteiger partial charge on any atom is -0.440 e. The van der Waals surface area contributed by atoms with Crippen molar-refractivity contribution in [1.82, 2.24) is 4.98 Å². The van der Waals surface area contributed by atoms with E-state index >= 15 is 0 Å². The molecular weight excluding hydrogens is 287 g/mol. The highest BCUT2D eigenvalue weighted by Gasteiger charge is 2.15. The molecule has 0 radical (unpaired) electrons. The number of aryl methyl sites for hydroxylation is 1. The van der Waals surface area contributed by atoms with Crippen molar-refractivity contribution < 1.29 is 8.81 Å². The normalized spacial score (nSPS) is 10.8. The van der Waals surface area contributed by atoms with Gasteiger partial charge in [-0.3, -0.25) is 0 Å². The van der Waals surface area contributed by atoms with Crippen molar-refractivity contribution in [2.45, 2.75) is 13.5 Å². The molecule has 21 heavy (non-hydrogen) atoms. The Labute approximate surface area is 126 Å². The van der Waals surface area contributed by atoms with Crippen molar-refractivity contribution in [1.29, 1.82) is 0 Å². The summed E-state index contributed by atoms with van der Waals surface area (Å²) in [6, 6.07) is 10.7. The van der Waals surface area contributed by atoms with Gasteiger partial charge in [-0.15, -0.1) is 11.3 Å². The Morgan fingerprint density at radius 2 is 2.05 bits per heavy atom. The SMILES string of the molecule is Cc1oc(-c2cccs2)nc1CN(C)c1ccccc1F. The minimum atomic E-state index is -0.236. The van der Waals surface area contributed by atoms with Crippen LogP contribution >= 0.6 is 11.3 Å². The van der Waals surface area contributed by atoms with Crippen molar-refractivity contribution in [2.24, 2.45) is 0 Å². The minimum absolute atomic E-state index is 0.236. The van der Waals surface area contributed by atoms with Gasteiger partial charge in [-0.2, -0.15) is 0 Å². The summed E-state index contributed by atoms with van der Waals surface area (Å²) in [5.41, 5.74) is 1.38. The lowest BCUT2D eigenvalue weighted by Gasteiger charge is -2.18. The summed E-state index contributed by atoms with van der Waals surface area (Å²) in [7, 11) is 1.84. The highest BCUT2D eigenvalue weighted by atomic mass is 32.1. The van der Waals surface area contributed by atoms with Crippen LogP contribution in [0.25, 0.3) is 10.8 Å². The van der Waals surface area contributed by atoms with Crippen molar-refractivity contribution in [3.8, 4) is 10.8 Å². The van der Waals surface area contributed by atoms with Crippen LogP contribution in [0.3, 0.4) is 0 Å². The number of halogens is 1. The lowest BCUT2D eigenvalue weighted by molar-refractivity contribution is 0.540. The predicted molar refractivity (Wildman–Crippen MR) is 83.1 cm³/mol. The molecule has 0 unspecified atom stereocenters. The second-order valence-corrected chi connectivity index (χ2v) is 5.75. The lowest BCUT2D eigenvalue weighted by atomic mass is 10.2. The molecule has 3 rings (SSSR count). The van der Waals surface area contributed by atoms with Crippen LogP contribution in [0.2, 0.25) is 0 Å². The van der Waals surface area contributed by atoms with Gasteiger partial charge in [0.05, 0.1) is 17.1 Å². The Bertz CT molecular complexity index is 737. The van der Waals surface area contributed by atoms with Gasteiger partial charge in [0.15, 0.2) is 0 Å². The first-order valence-electron chi connectivity index (χ1n) is 6.61. The molecule has 0 bridgehead atoms. The molecule has 108 valence electrons. The van der Waals surface area contributed by atoms with Crippen LogP contribution in [0.5, 0.6) is 0 Å². The molecule has 0 saturated heterocycles. The molecule has 2 heterocycles. The molecule has 0 spiro atoms. The van der Waals surface area contributed by atoms with Crippen LogP contribution in [0.1, 0.15) is 11.5 Å². The standard InChI is InChI=1S/C16H15FN2OS/c1-11-13(18-16(20-11)15-8-5-9-21-15)10-19(2)14-7-4-3-6-12(14)17/h3-9H,10H2,1-2H3. The zero-order valence-electron chi connectivity index (χ0n) is 11.8. The Morgan fingerprint density at radius 1 is 1.24 bits per heavy atom. The highest BCUT2D eigenvalue weighted by molar-refractivity contribution is 7.13. The number of rotatable bonds is 4. The fourth-order valence-electron chi connectivity index (χ4n) is 2.15. The van der Waals surface area contributed by atoms with Crippen molar-refractivity contribution in [3.05, 3.63) is 59.0 Å². The van der Waals surface area contributed by atoms with E-state index in [2.05, 4.69) is 4.98 Å². The van der Waals surface area contributed by atoms with Gasteiger partial charge in [-0.25, -0.2) is 9.37 Å². The number of nitrogens with zero attached hydrogens (tertiary/aromatic N) is 2. The lowest BCUT2D eigenvalue weighted by Crippen LogP contribution is -2.18. The number of benzene rings is 1. The number of aromatic nitrogens is 1. The Morgan fingerprint density at radius 3 is 2.76 bits per heavy atom. The van der Waals surface area contributed by atoms with E-state index in [1.807, 2.05) is 42.5 Å². The molecule has 0 saturated carbocycles. The zero-order chi connectivity index (χ0) is 14.8. The maximum absolute atomic E-state index is 13.8. The third kappa shape index (κ3) is 2.83. The maximum atomic E-state index is 13.8. The molecule has 1 aromatic carbocycles. The number of thiophene rings is 1.